The zero-order valence-electron chi connectivity index (χ0n) is 7.77. The van der Waals surface area contributed by atoms with Gasteiger partial charge in [0.25, 0.3) is 0 Å². The van der Waals surface area contributed by atoms with Crippen molar-refractivity contribution in [2.75, 3.05) is 0 Å². The second-order valence-electron chi connectivity index (χ2n) is 3.52. The molecule has 0 aliphatic heterocycles. The highest BCUT2D eigenvalue weighted by atomic mass is 19.4. The summed E-state index contributed by atoms with van der Waals surface area (Å²) in [6, 6.07) is 0. The van der Waals surface area contributed by atoms with Gasteiger partial charge in [0.2, 0.25) is 0 Å². The minimum atomic E-state index is -4.85. The fourth-order valence-electron chi connectivity index (χ4n) is 1.58. The second kappa shape index (κ2) is 4.66. The van der Waals surface area contributed by atoms with Crippen molar-refractivity contribution in [2.24, 2.45) is 0 Å². The lowest BCUT2D eigenvalue weighted by molar-refractivity contribution is -0.205. The van der Waals surface area contributed by atoms with E-state index >= 15 is 0 Å². The van der Waals surface area contributed by atoms with Crippen LogP contribution in [0.25, 0.3) is 0 Å². The minimum Gasteiger partial charge on any atom is -0.456 e. The van der Waals surface area contributed by atoms with Crippen LogP contribution in [0.5, 0.6) is 0 Å². The highest BCUT2D eigenvalue weighted by Gasteiger charge is 2.42. The fourth-order valence-corrected chi connectivity index (χ4v) is 1.58. The Morgan fingerprint density at radius 1 is 1.07 bits per heavy atom. The number of hydrogen-bond acceptors (Lipinski definition) is 2. The maximum absolute atomic E-state index is 11.8. The monoisotopic (exact) mass is 210 g/mol. The van der Waals surface area contributed by atoms with Gasteiger partial charge in [-0.1, -0.05) is 12.8 Å². The van der Waals surface area contributed by atoms with Gasteiger partial charge >= 0.3 is 12.1 Å². The molecule has 1 aliphatic carbocycles. The summed E-state index contributed by atoms with van der Waals surface area (Å²) in [6.45, 7) is 0. The molecule has 0 amide bonds. The summed E-state index contributed by atoms with van der Waals surface area (Å²) in [5.41, 5.74) is 0. The summed E-state index contributed by atoms with van der Waals surface area (Å²) >= 11 is 0. The molecule has 0 N–H and O–H groups in total. The predicted molar refractivity (Wildman–Crippen MR) is 43.6 cm³/mol. The van der Waals surface area contributed by atoms with Crippen molar-refractivity contribution in [3.8, 4) is 0 Å². The van der Waals surface area contributed by atoms with Crippen LogP contribution < -0.4 is 0 Å². The summed E-state index contributed by atoms with van der Waals surface area (Å²) in [5, 5.41) is 0. The van der Waals surface area contributed by atoms with E-state index in [4.69, 9.17) is 0 Å². The molecular formula is C9H13F3O2. The SMILES string of the molecule is O=C(OC1CCCCCC1)C(F)(F)F. The molecule has 0 atom stereocenters. The highest BCUT2D eigenvalue weighted by molar-refractivity contribution is 5.75. The van der Waals surface area contributed by atoms with Crippen LogP contribution in [0.15, 0.2) is 0 Å². The van der Waals surface area contributed by atoms with E-state index in [1.807, 2.05) is 0 Å². The van der Waals surface area contributed by atoms with Gasteiger partial charge in [-0.25, -0.2) is 4.79 Å². The second-order valence-corrected chi connectivity index (χ2v) is 3.52. The molecule has 0 aromatic rings. The quantitative estimate of drug-likeness (QED) is 0.491. The molecule has 0 heterocycles. The van der Waals surface area contributed by atoms with Crippen molar-refractivity contribution in [3.63, 3.8) is 0 Å². The van der Waals surface area contributed by atoms with E-state index in [9.17, 15) is 18.0 Å². The molecule has 0 aromatic heterocycles. The number of esters is 1. The topological polar surface area (TPSA) is 26.3 Å². The van der Waals surface area contributed by atoms with Crippen LogP contribution in [0.4, 0.5) is 13.2 Å². The molecular weight excluding hydrogens is 197 g/mol. The normalized spacial score (nSPS) is 20.2. The molecule has 2 nitrogen and oxygen atoms in total. The molecule has 1 rings (SSSR count). The summed E-state index contributed by atoms with van der Waals surface area (Å²) in [7, 11) is 0. The molecule has 82 valence electrons. The molecule has 14 heavy (non-hydrogen) atoms. The number of halogens is 3. The Bertz CT molecular complexity index is 193. The minimum absolute atomic E-state index is 0.536. The Morgan fingerprint density at radius 2 is 1.57 bits per heavy atom. The van der Waals surface area contributed by atoms with Crippen LogP contribution in [0.1, 0.15) is 38.5 Å². The summed E-state index contributed by atoms with van der Waals surface area (Å²) in [4.78, 5) is 10.5. The van der Waals surface area contributed by atoms with Crippen LogP contribution in [0.2, 0.25) is 0 Å². The van der Waals surface area contributed by atoms with Gasteiger partial charge in [-0.3, -0.25) is 0 Å². The van der Waals surface area contributed by atoms with Gasteiger partial charge in [0.05, 0.1) is 0 Å². The van der Waals surface area contributed by atoms with Crippen LogP contribution in [-0.2, 0) is 9.53 Å². The third kappa shape index (κ3) is 3.55. The smallest absolute Gasteiger partial charge is 0.456 e. The van der Waals surface area contributed by atoms with Gasteiger partial charge in [-0.05, 0) is 25.7 Å². The van der Waals surface area contributed by atoms with E-state index in [2.05, 4.69) is 4.74 Å². The number of ether oxygens (including phenoxy) is 1. The van der Waals surface area contributed by atoms with Gasteiger partial charge in [-0.15, -0.1) is 0 Å². The first-order valence-corrected chi connectivity index (χ1v) is 4.78. The Hall–Kier alpha value is -0.740. The Labute approximate surface area is 80.4 Å². The number of rotatable bonds is 1. The maximum Gasteiger partial charge on any atom is 0.490 e. The zero-order chi connectivity index (χ0) is 10.6. The third-order valence-electron chi connectivity index (χ3n) is 2.31. The van der Waals surface area contributed by atoms with E-state index in [-0.39, 0.29) is 0 Å². The molecule has 1 aliphatic rings. The lowest BCUT2D eigenvalue weighted by Gasteiger charge is -2.16. The molecule has 0 unspecified atom stereocenters. The standard InChI is InChI=1S/C9H13F3O2/c10-9(11,12)8(13)14-7-5-3-1-2-4-6-7/h7H,1-6H2. The van der Waals surface area contributed by atoms with Crippen molar-refractivity contribution < 1.29 is 22.7 Å². The molecule has 5 heteroatoms. The molecule has 0 radical (unpaired) electrons. The Kier molecular flexibility index (Phi) is 3.77. The largest absolute Gasteiger partial charge is 0.490 e. The van der Waals surface area contributed by atoms with Crippen molar-refractivity contribution in [1.82, 2.24) is 0 Å². The number of carbonyl (C=O) groups excluding carboxylic acids is 1. The Balaban J connectivity index is 2.38. The van der Waals surface area contributed by atoms with Crippen LogP contribution in [-0.4, -0.2) is 18.2 Å². The van der Waals surface area contributed by atoms with Gasteiger partial charge in [0.1, 0.15) is 6.10 Å². The molecule has 0 aromatic carbocycles. The average Bonchev–Trinajstić information content (AvgIpc) is 2.31. The van der Waals surface area contributed by atoms with E-state index in [1.54, 1.807) is 0 Å². The van der Waals surface area contributed by atoms with E-state index in [0.29, 0.717) is 12.8 Å². The zero-order valence-corrected chi connectivity index (χ0v) is 7.77. The number of alkyl halides is 3. The van der Waals surface area contributed by atoms with Crippen molar-refractivity contribution in [1.29, 1.82) is 0 Å². The summed E-state index contributed by atoms with van der Waals surface area (Å²) in [5.74, 6) is -2.05. The van der Waals surface area contributed by atoms with Crippen molar-refractivity contribution in [2.45, 2.75) is 50.8 Å². The lowest BCUT2D eigenvalue weighted by Crippen LogP contribution is -2.29. The van der Waals surface area contributed by atoms with Gasteiger partial charge in [-0.2, -0.15) is 13.2 Å². The van der Waals surface area contributed by atoms with Crippen LogP contribution in [0, 0.1) is 0 Å². The third-order valence-corrected chi connectivity index (χ3v) is 2.31. The average molecular weight is 210 g/mol. The first kappa shape index (κ1) is 11.3. The van der Waals surface area contributed by atoms with E-state index < -0.39 is 18.2 Å². The number of carbonyl (C=O) groups is 1. The van der Waals surface area contributed by atoms with Gasteiger partial charge in [0.15, 0.2) is 0 Å². The molecule has 1 fully saturated rings. The van der Waals surface area contributed by atoms with Crippen LogP contribution in [0.3, 0.4) is 0 Å². The number of hydrogen-bond donors (Lipinski definition) is 0. The molecule has 0 saturated heterocycles. The first-order valence-electron chi connectivity index (χ1n) is 4.78. The fraction of sp³-hybridized carbons (Fsp3) is 0.889. The summed E-state index contributed by atoms with van der Waals surface area (Å²) < 4.78 is 39.9. The van der Waals surface area contributed by atoms with Gasteiger partial charge < -0.3 is 4.74 Å². The molecule has 1 saturated carbocycles. The van der Waals surface area contributed by atoms with Gasteiger partial charge in [0, 0.05) is 0 Å². The van der Waals surface area contributed by atoms with E-state index in [1.165, 1.54) is 0 Å². The summed E-state index contributed by atoms with van der Waals surface area (Å²) in [6.07, 6.45) is -0.562. The first-order chi connectivity index (χ1) is 6.50. The molecule has 0 spiro atoms. The maximum atomic E-state index is 11.8. The predicted octanol–water partition coefficient (Wildman–Crippen LogP) is 2.81. The van der Waals surface area contributed by atoms with E-state index in [0.717, 1.165) is 25.7 Å². The Morgan fingerprint density at radius 3 is 2.00 bits per heavy atom. The van der Waals surface area contributed by atoms with Crippen molar-refractivity contribution in [3.05, 3.63) is 0 Å². The lowest BCUT2D eigenvalue weighted by atomic mass is 10.1. The highest BCUT2D eigenvalue weighted by Crippen LogP contribution is 2.23. The van der Waals surface area contributed by atoms with Crippen molar-refractivity contribution >= 4 is 5.97 Å². The van der Waals surface area contributed by atoms with Crippen LogP contribution >= 0.6 is 0 Å². The molecule has 0 bridgehead atoms.